The molecule has 1 aromatic carbocycles. The standard InChI is InChI=1S/C22H22BrFN4O3S/c1-2-30-21(29)13-28-20-5-3-4-19(17(20)12-26-28)27-32-16-10-18(23)22(25-11-16)31-15-8-6-14(24)7-9-15/h6-12,19,27H,2-5,13H2,1H3. The van der Waals surface area contributed by atoms with Crippen molar-refractivity contribution in [2.45, 2.75) is 43.7 Å². The molecule has 1 N–H and O–H groups in total. The predicted octanol–water partition coefficient (Wildman–Crippen LogP) is 5.21. The molecule has 32 heavy (non-hydrogen) atoms. The van der Waals surface area contributed by atoms with Gasteiger partial charge in [-0.15, -0.1) is 0 Å². The quantitative estimate of drug-likeness (QED) is 0.322. The van der Waals surface area contributed by atoms with E-state index >= 15 is 0 Å². The van der Waals surface area contributed by atoms with E-state index in [2.05, 4.69) is 30.7 Å². The highest BCUT2D eigenvalue weighted by molar-refractivity contribution is 9.10. The Labute approximate surface area is 198 Å². The number of benzene rings is 1. The first-order valence-electron chi connectivity index (χ1n) is 10.2. The number of nitrogens with one attached hydrogen (secondary N) is 1. The minimum Gasteiger partial charge on any atom is -0.465 e. The van der Waals surface area contributed by atoms with Crippen LogP contribution in [0, 0.1) is 5.82 Å². The second-order valence-electron chi connectivity index (χ2n) is 7.19. The SMILES string of the molecule is CCOC(=O)Cn1ncc2c1CCCC2NSc1cnc(Oc2ccc(F)cc2)c(Br)c1. The van der Waals surface area contributed by atoms with E-state index in [4.69, 9.17) is 9.47 Å². The molecule has 7 nitrogen and oxygen atoms in total. The highest BCUT2D eigenvalue weighted by Gasteiger charge is 2.25. The summed E-state index contributed by atoms with van der Waals surface area (Å²) in [6, 6.07) is 7.81. The summed E-state index contributed by atoms with van der Waals surface area (Å²) in [7, 11) is 0. The fourth-order valence-electron chi connectivity index (χ4n) is 3.50. The monoisotopic (exact) mass is 520 g/mol. The van der Waals surface area contributed by atoms with Gasteiger partial charge in [0.2, 0.25) is 5.88 Å². The molecule has 3 aromatic rings. The van der Waals surface area contributed by atoms with Crippen molar-refractivity contribution >= 4 is 33.8 Å². The van der Waals surface area contributed by atoms with E-state index in [0.29, 0.717) is 22.7 Å². The maximum absolute atomic E-state index is 13.1. The van der Waals surface area contributed by atoms with Crippen LogP contribution in [0.3, 0.4) is 0 Å². The van der Waals surface area contributed by atoms with E-state index in [1.165, 1.54) is 24.1 Å². The van der Waals surface area contributed by atoms with Crippen molar-refractivity contribution in [2.24, 2.45) is 0 Å². The Bertz CT molecular complexity index is 1090. The van der Waals surface area contributed by atoms with Crippen molar-refractivity contribution in [2.75, 3.05) is 6.61 Å². The number of nitrogens with zero attached hydrogens (tertiary/aromatic N) is 3. The van der Waals surface area contributed by atoms with Crippen LogP contribution in [-0.4, -0.2) is 27.3 Å². The molecule has 10 heteroatoms. The van der Waals surface area contributed by atoms with Gasteiger partial charge in [-0.25, -0.2) is 9.37 Å². The van der Waals surface area contributed by atoms with Crippen LogP contribution < -0.4 is 9.46 Å². The number of aromatic nitrogens is 3. The minimum atomic E-state index is -0.320. The van der Waals surface area contributed by atoms with Crippen LogP contribution in [0.2, 0.25) is 0 Å². The fraction of sp³-hybridized carbons (Fsp3) is 0.318. The van der Waals surface area contributed by atoms with Crippen LogP contribution in [0.15, 0.2) is 52.1 Å². The summed E-state index contributed by atoms with van der Waals surface area (Å²) in [5.41, 5.74) is 2.18. The van der Waals surface area contributed by atoms with Gasteiger partial charge in [0, 0.05) is 28.4 Å². The smallest absolute Gasteiger partial charge is 0.327 e. The third-order valence-electron chi connectivity index (χ3n) is 4.98. The molecule has 0 amide bonds. The van der Waals surface area contributed by atoms with E-state index in [9.17, 15) is 9.18 Å². The normalized spacial score (nSPS) is 15.3. The number of carbonyl (C=O) groups is 1. The summed E-state index contributed by atoms with van der Waals surface area (Å²) >= 11 is 4.97. The molecule has 1 aliphatic rings. The molecule has 0 saturated heterocycles. The molecule has 4 rings (SSSR count). The first-order valence-corrected chi connectivity index (χ1v) is 11.9. The minimum absolute atomic E-state index is 0.119. The van der Waals surface area contributed by atoms with Crippen molar-refractivity contribution in [3.63, 3.8) is 0 Å². The van der Waals surface area contributed by atoms with Crippen molar-refractivity contribution in [1.82, 2.24) is 19.5 Å². The van der Waals surface area contributed by atoms with Crippen molar-refractivity contribution < 1.29 is 18.7 Å². The molecule has 2 heterocycles. The Balaban J connectivity index is 1.39. The Kier molecular flexibility index (Phi) is 7.44. The Morgan fingerprint density at radius 2 is 2.16 bits per heavy atom. The van der Waals surface area contributed by atoms with Gasteiger partial charge in [-0.3, -0.25) is 14.2 Å². The van der Waals surface area contributed by atoms with E-state index in [1.54, 1.807) is 29.9 Å². The lowest BCUT2D eigenvalue weighted by Crippen LogP contribution is -2.22. The van der Waals surface area contributed by atoms with Gasteiger partial charge < -0.3 is 9.47 Å². The molecular weight excluding hydrogens is 499 g/mol. The molecule has 1 atom stereocenters. The van der Waals surface area contributed by atoms with Gasteiger partial charge in [0.1, 0.15) is 18.1 Å². The van der Waals surface area contributed by atoms with E-state index < -0.39 is 0 Å². The molecule has 168 valence electrons. The average molecular weight is 521 g/mol. The van der Waals surface area contributed by atoms with Crippen LogP contribution in [-0.2, 0) is 22.5 Å². The van der Waals surface area contributed by atoms with Crippen molar-refractivity contribution in [3.05, 3.63) is 64.3 Å². The third-order valence-corrected chi connectivity index (χ3v) is 6.41. The maximum atomic E-state index is 13.1. The molecule has 0 spiro atoms. The van der Waals surface area contributed by atoms with E-state index in [1.807, 2.05) is 12.3 Å². The number of hydrogen-bond donors (Lipinski definition) is 1. The molecule has 0 fully saturated rings. The zero-order valence-corrected chi connectivity index (χ0v) is 19.8. The molecular formula is C22H22BrFN4O3S. The topological polar surface area (TPSA) is 78.3 Å². The van der Waals surface area contributed by atoms with Crippen LogP contribution in [0.25, 0.3) is 0 Å². The molecule has 0 radical (unpaired) electrons. The summed E-state index contributed by atoms with van der Waals surface area (Å²) in [5, 5.41) is 4.40. The average Bonchev–Trinajstić information content (AvgIpc) is 3.19. The molecule has 2 aromatic heterocycles. The zero-order chi connectivity index (χ0) is 22.5. The van der Waals surface area contributed by atoms with Crippen LogP contribution in [0.1, 0.15) is 37.1 Å². The second-order valence-corrected chi connectivity index (χ2v) is 8.95. The third kappa shape index (κ3) is 5.48. The summed E-state index contributed by atoms with van der Waals surface area (Å²) in [4.78, 5) is 17.1. The van der Waals surface area contributed by atoms with Crippen molar-refractivity contribution in [3.8, 4) is 11.6 Å². The van der Waals surface area contributed by atoms with E-state index in [0.717, 1.165) is 35.4 Å². The van der Waals surface area contributed by atoms with Crippen LogP contribution >= 0.6 is 27.9 Å². The molecule has 1 aliphatic carbocycles. The molecule has 0 saturated carbocycles. The zero-order valence-electron chi connectivity index (χ0n) is 17.4. The van der Waals surface area contributed by atoms with Gasteiger partial charge in [-0.2, -0.15) is 5.10 Å². The van der Waals surface area contributed by atoms with Crippen molar-refractivity contribution in [1.29, 1.82) is 0 Å². The first-order chi connectivity index (χ1) is 15.5. The number of esters is 1. The molecule has 0 aliphatic heterocycles. The van der Waals surface area contributed by atoms with Gasteiger partial charge in [0.05, 0.1) is 17.3 Å². The number of halogens is 2. The highest BCUT2D eigenvalue weighted by Crippen LogP contribution is 2.34. The maximum Gasteiger partial charge on any atom is 0.327 e. The summed E-state index contributed by atoms with van der Waals surface area (Å²) in [5.74, 6) is 0.315. The lowest BCUT2D eigenvalue weighted by atomic mass is 9.94. The lowest BCUT2D eigenvalue weighted by Gasteiger charge is -2.23. The largest absolute Gasteiger partial charge is 0.465 e. The Morgan fingerprint density at radius 1 is 1.34 bits per heavy atom. The fourth-order valence-corrected chi connectivity index (χ4v) is 4.89. The number of carbonyl (C=O) groups excluding carboxylic acids is 1. The Morgan fingerprint density at radius 3 is 2.91 bits per heavy atom. The summed E-state index contributed by atoms with van der Waals surface area (Å²) in [6.07, 6.45) is 6.42. The Hall–Kier alpha value is -2.43. The number of hydrogen-bond acceptors (Lipinski definition) is 7. The van der Waals surface area contributed by atoms with Crippen LogP contribution in [0.4, 0.5) is 4.39 Å². The highest BCUT2D eigenvalue weighted by atomic mass is 79.9. The number of rotatable bonds is 8. The lowest BCUT2D eigenvalue weighted by molar-refractivity contribution is -0.144. The molecule has 1 unspecified atom stereocenters. The van der Waals surface area contributed by atoms with Crippen LogP contribution in [0.5, 0.6) is 11.6 Å². The summed E-state index contributed by atoms with van der Waals surface area (Å²) in [6.45, 7) is 2.29. The summed E-state index contributed by atoms with van der Waals surface area (Å²) < 4.78 is 29.7. The van der Waals surface area contributed by atoms with Gasteiger partial charge >= 0.3 is 5.97 Å². The van der Waals surface area contributed by atoms with Gasteiger partial charge in [0.15, 0.2) is 0 Å². The first kappa shape index (κ1) is 22.8. The van der Waals surface area contributed by atoms with Gasteiger partial charge in [0.25, 0.3) is 0 Å². The second kappa shape index (κ2) is 10.5. The number of fused-ring (bicyclic) bond motifs is 1. The van der Waals surface area contributed by atoms with Gasteiger partial charge in [-0.1, -0.05) is 0 Å². The predicted molar refractivity (Wildman–Crippen MR) is 122 cm³/mol. The van der Waals surface area contributed by atoms with E-state index in [-0.39, 0.29) is 24.4 Å². The number of pyridine rings is 1. The molecule has 0 bridgehead atoms. The number of ether oxygens (including phenoxy) is 2. The van der Waals surface area contributed by atoms with Gasteiger partial charge in [-0.05, 0) is 84.4 Å².